The third kappa shape index (κ3) is 1.85. The lowest BCUT2D eigenvalue weighted by Gasteiger charge is -2.18. The van der Waals surface area contributed by atoms with Gasteiger partial charge in [-0.15, -0.1) is 0 Å². The molecule has 0 aromatic heterocycles. The Morgan fingerprint density at radius 2 is 2.06 bits per heavy atom. The first-order chi connectivity index (χ1) is 7.50. The molecule has 1 heterocycles. The van der Waals surface area contributed by atoms with Crippen LogP contribution in [0.3, 0.4) is 0 Å². The number of rotatable bonds is 1. The van der Waals surface area contributed by atoms with Gasteiger partial charge in [0.15, 0.2) is 0 Å². The van der Waals surface area contributed by atoms with E-state index >= 15 is 0 Å². The van der Waals surface area contributed by atoms with Crippen molar-refractivity contribution in [3.63, 3.8) is 0 Å². The molecule has 0 radical (unpaired) electrons. The summed E-state index contributed by atoms with van der Waals surface area (Å²) in [4.78, 5) is 23.9. The van der Waals surface area contributed by atoms with Crippen molar-refractivity contribution in [3.8, 4) is 0 Å². The van der Waals surface area contributed by atoms with E-state index in [9.17, 15) is 14.0 Å². The summed E-state index contributed by atoms with van der Waals surface area (Å²) >= 11 is 8.98. The molecule has 1 fully saturated rings. The van der Waals surface area contributed by atoms with Crippen LogP contribution in [0.15, 0.2) is 16.6 Å². The summed E-state index contributed by atoms with van der Waals surface area (Å²) in [5, 5.41) is 0.106. The van der Waals surface area contributed by atoms with E-state index in [0.29, 0.717) is 10.2 Å². The van der Waals surface area contributed by atoms with E-state index in [1.54, 1.807) is 0 Å². The van der Waals surface area contributed by atoms with Crippen LogP contribution in [0, 0.1) is 5.82 Å². The zero-order chi connectivity index (χ0) is 11.9. The predicted molar refractivity (Wildman–Crippen MR) is 61.1 cm³/mol. The fourth-order valence-electron chi connectivity index (χ4n) is 1.58. The Morgan fingerprint density at radius 1 is 1.38 bits per heavy atom. The van der Waals surface area contributed by atoms with Crippen LogP contribution in [0.4, 0.5) is 10.1 Å². The Kier molecular flexibility index (Phi) is 2.99. The van der Waals surface area contributed by atoms with Gasteiger partial charge in [-0.2, -0.15) is 0 Å². The highest BCUT2D eigenvalue weighted by Gasteiger charge is 2.32. The summed E-state index contributed by atoms with van der Waals surface area (Å²) < 4.78 is 13.3. The monoisotopic (exact) mass is 305 g/mol. The smallest absolute Gasteiger partial charge is 0.294 e. The van der Waals surface area contributed by atoms with E-state index in [0.717, 1.165) is 6.07 Å². The summed E-state index contributed by atoms with van der Waals surface area (Å²) in [7, 11) is 0. The SMILES string of the molecule is O=C1CCN(c2c(Cl)cc(F)cc2Br)C1=O. The molecular weight excluding hydrogens is 300 g/mol. The first kappa shape index (κ1) is 11.5. The van der Waals surface area contributed by atoms with Gasteiger partial charge in [0.25, 0.3) is 5.91 Å². The number of nitrogens with zero attached hydrogens (tertiary/aromatic N) is 1. The van der Waals surface area contributed by atoms with Crippen molar-refractivity contribution in [2.75, 3.05) is 11.4 Å². The number of anilines is 1. The van der Waals surface area contributed by atoms with E-state index < -0.39 is 17.5 Å². The number of hydrogen-bond donors (Lipinski definition) is 0. The summed E-state index contributed by atoms with van der Waals surface area (Å²) in [6.07, 6.45) is 0.166. The molecular formula is C10H6BrClFNO2. The van der Waals surface area contributed by atoms with Crippen molar-refractivity contribution < 1.29 is 14.0 Å². The van der Waals surface area contributed by atoms with Gasteiger partial charge in [0.1, 0.15) is 5.82 Å². The summed E-state index contributed by atoms with van der Waals surface area (Å²) in [6.45, 7) is 0.279. The number of Topliss-reactive ketones (excluding diaryl/α,β-unsaturated/α-hetero) is 1. The predicted octanol–water partition coefficient (Wildman–Crippen LogP) is 2.55. The second-order valence-electron chi connectivity index (χ2n) is 3.35. The van der Waals surface area contributed by atoms with E-state index in [-0.39, 0.29) is 18.0 Å². The van der Waals surface area contributed by atoms with Crippen molar-refractivity contribution >= 4 is 44.9 Å². The van der Waals surface area contributed by atoms with Crippen molar-refractivity contribution in [1.82, 2.24) is 0 Å². The number of carbonyl (C=O) groups excluding carboxylic acids is 2. The first-order valence-electron chi connectivity index (χ1n) is 4.50. The van der Waals surface area contributed by atoms with Gasteiger partial charge >= 0.3 is 0 Å². The molecule has 0 atom stereocenters. The third-order valence-corrected chi connectivity index (χ3v) is 3.19. The van der Waals surface area contributed by atoms with Gasteiger partial charge < -0.3 is 4.90 Å². The molecule has 1 aliphatic rings. The van der Waals surface area contributed by atoms with Crippen molar-refractivity contribution in [1.29, 1.82) is 0 Å². The molecule has 6 heteroatoms. The Labute approximate surface area is 104 Å². The average Bonchev–Trinajstić information content (AvgIpc) is 2.48. The largest absolute Gasteiger partial charge is 0.303 e. The van der Waals surface area contributed by atoms with Crippen LogP contribution in [0.1, 0.15) is 6.42 Å². The number of benzene rings is 1. The van der Waals surface area contributed by atoms with Crippen LogP contribution < -0.4 is 4.90 Å². The van der Waals surface area contributed by atoms with Crippen LogP contribution in [0.5, 0.6) is 0 Å². The molecule has 0 unspecified atom stereocenters. The Morgan fingerprint density at radius 3 is 2.56 bits per heavy atom. The second kappa shape index (κ2) is 4.14. The van der Waals surface area contributed by atoms with Gasteiger partial charge in [-0.05, 0) is 28.1 Å². The fourth-order valence-corrected chi connectivity index (χ4v) is 2.65. The molecule has 3 nitrogen and oxygen atoms in total. The van der Waals surface area contributed by atoms with Gasteiger partial charge in [-0.25, -0.2) is 4.39 Å². The molecule has 84 valence electrons. The average molecular weight is 307 g/mol. The molecule has 1 aromatic rings. The molecule has 1 saturated heterocycles. The number of halogens is 3. The molecule has 0 saturated carbocycles. The van der Waals surface area contributed by atoms with Gasteiger partial charge in [-0.1, -0.05) is 11.6 Å². The van der Waals surface area contributed by atoms with Crippen LogP contribution in [-0.4, -0.2) is 18.2 Å². The summed E-state index contributed by atoms with van der Waals surface area (Å²) in [6, 6.07) is 2.31. The van der Waals surface area contributed by atoms with Crippen molar-refractivity contribution in [3.05, 3.63) is 27.4 Å². The first-order valence-corrected chi connectivity index (χ1v) is 5.67. The number of carbonyl (C=O) groups is 2. The zero-order valence-corrected chi connectivity index (χ0v) is 10.3. The quantitative estimate of drug-likeness (QED) is 0.748. The zero-order valence-electron chi connectivity index (χ0n) is 7.97. The summed E-state index contributed by atoms with van der Waals surface area (Å²) in [5.74, 6) is -1.56. The van der Waals surface area contributed by atoms with Gasteiger partial charge in [-0.3, -0.25) is 9.59 Å². The van der Waals surface area contributed by atoms with E-state index in [4.69, 9.17) is 11.6 Å². The highest BCUT2D eigenvalue weighted by Crippen LogP contribution is 2.36. The molecule has 0 spiro atoms. The lowest BCUT2D eigenvalue weighted by Crippen LogP contribution is -2.27. The molecule has 0 bridgehead atoms. The minimum Gasteiger partial charge on any atom is -0.303 e. The van der Waals surface area contributed by atoms with Gasteiger partial charge in [0.05, 0.1) is 10.7 Å². The molecule has 16 heavy (non-hydrogen) atoms. The maximum absolute atomic E-state index is 13.0. The molecule has 2 rings (SSSR count). The van der Waals surface area contributed by atoms with Crippen LogP contribution >= 0.6 is 27.5 Å². The van der Waals surface area contributed by atoms with E-state index in [2.05, 4.69) is 15.9 Å². The van der Waals surface area contributed by atoms with Gasteiger partial charge in [0, 0.05) is 17.4 Å². The molecule has 1 aliphatic heterocycles. The molecule has 0 aliphatic carbocycles. The van der Waals surface area contributed by atoms with E-state index in [1.165, 1.54) is 11.0 Å². The van der Waals surface area contributed by atoms with Crippen LogP contribution in [0.25, 0.3) is 0 Å². The maximum atomic E-state index is 13.0. The maximum Gasteiger partial charge on any atom is 0.294 e. The van der Waals surface area contributed by atoms with Crippen LogP contribution in [-0.2, 0) is 9.59 Å². The van der Waals surface area contributed by atoms with Crippen molar-refractivity contribution in [2.24, 2.45) is 0 Å². The molecule has 1 amide bonds. The van der Waals surface area contributed by atoms with Crippen LogP contribution in [0.2, 0.25) is 5.02 Å². The second-order valence-corrected chi connectivity index (χ2v) is 4.61. The number of ketones is 1. The van der Waals surface area contributed by atoms with Gasteiger partial charge in [0.2, 0.25) is 5.78 Å². The minimum atomic E-state index is -0.603. The number of hydrogen-bond acceptors (Lipinski definition) is 2. The minimum absolute atomic E-state index is 0.106. The van der Waals surface area contributed by atoms with E-state index in [1.807, 2.05) is 0 Å². The number of amides is 1. The molecule has 1 aromatic carbocycles. The Bertz CT molecular complexity index is 469. The Balaban J connectivity index is 2.49. The van der Waals surface area contributed by atoms with Crippen molar-refractivity contribution in [2.45, 2.75) is 6.42 Å². The highest BCUT2D eigenvalue weighted by molar-refractivity contribution is 9.10. The topological polar surface area (TPSA) is 37.4 Å². The standard InChI is InChI=1S/C10H6BrClFNO2/c11-6-3-5(13)4-7(12)9(6)14-2-1-8(15)10(14)16/h3-4H,1-2H2. The fraction of sp³-hybridized carbons (Fsp3) is 0.200. The Hall–Kier alpha value is -0.940. The third-order valence-electron chi connectivity index (χ3n) is 2.30. The highest BCUT2D eigenvalue weighted by atomic mass is 79.9. The lowest BCUT2D eigenvalue weighted by molar-refractivity contribution is -0.133. The normalized spacial score (nSPS) is 16.1. The molecule has 0 N–H and O–H groups in total. The summed E-state index contributed by atoms with van der Waals surface area (Å²) in [5.41, 5.74) is 0.346. The lowest BCUT2D eigenvalue weighted by atomic mass is 10.3.